The van der Waals surface area contributed by atoms with Crippen LogP contribution in [0.3, 0.4) is 0 Å². The summed E-state index contributed by atoms with van der Waals surface area (Å²) in [5.41, 5.74) is 0. The van der Waals surface area contributed by atoms with Gasteiger partial charge >= 0.3 is 0 Å². The lowest BCUT2D eigenvalue weighted by molar-refractivity contribution is 0.147. The molecular weight excluding hydrogens is 171 g/mol. The number of thiol groups is 1. The minimum atomic E-state index is -0.125. The normalized spacial score (nSPS) is 31.2. The van der Waals surface area contributed by atoms with Gasteiger partial charge in [0.25, 0.3) is 0 Å². The van der Waals surface area contributed by atoms with Gasteiger partial charge in [-0.15, -0.1) is 0 Å². The first-order valence-corrected chi connectivity index (χ1v) is 5.56. The van der Waals surface area contributed by atoms with Crippen LogP contribution in [0.5, 0.6) is 0 Å². The third-order valence-electron chi connectivity index (χ3n) is 2.90. The van der Waals surface area contributed by atoms with Gasteiger partial charge in [-0.2, -0.15) is 12.6 Å². The largest absolute Gasteiger partial charge is 0.251 e. The molecule has 0 aromatic carbocycles. The van der Waals surface area contributed by atoms with Gasteiger partial charge in [0, 0.05) is 0 Å². The smallest absolute Gasteiger partial charge is 0.0897 e. The summed E-state index contributed by atoms with van der Waals surface area (Å²) < 4.78 is 11.9. The minimum Gasteiger partial charge on any atom is -0.251 e. The average Bonchev–Trinajstić information content (AvgIpc) is 2.00. The maximum absolute atomic E-state index is 11.9. The zero-order valence-corrected chi connectivity index (χ0v) is 8.69. The van der Waals surface area contributed by atoms with E-state index in [9.17, 15) is 4.39 Å². The van der Waals surface area contributed by atoms with Crippen molar-refractivity contribution >= 4 is 12.6 Å². The molecule has 1 rings (SSSR count). The summed E-state index contributed by atoms with van der Waals surface area (Å²) in [6, 6.07) is 0. The van der Waals surface area contributed by atoms with Crippen molar-refractivity contribution in [3.8, 4) is 0 Å². The van der Waals surface area contributed by atoms with Crippen LogP contribution in [-0.4, -0.2) is 12.4 Å². The molecule has 1 saturated carbocycles. The zero-order valence-electron chi connectivity index (χ0n) is 7.80. The third kappa shape index (κ3) is 2.96. The Bertz CT molecular complexity index is 121. The Morgan fingerprint density at radius 3 is 2.58 bits per heavy atom. The molecule has 0 spiro atoms. The minimum absolute atomic E-state index is 0.125. The van der Waals surface area contributed by atoms with E-state index >= 15 is 0 Å². The van der Waals surface area contributed by atoms with E-state index in [1.807, 2.05) is 0 Å². The lowest BCUT2D eigenvalue weighted by atomic mass is 9.70. The molecule has 0 heterocycles. The topological polar surface area (TPSA) is 0 Å². The predicted molar refractivity (Wildman–Crippen MR) is 54.4 cm³/mol. The van der Waals surface area contributed by atoms with Gasteiger partial charge in [0.05, 0.1) is 6.67 Å². The van der Waals surface area contributed by atoms with Crippen LogP contribution >= 0.6 is 12.6 Å². The van der Waals surface area contributed by atoms with E-state index in [0.29, 0.717) is 5.92 Å². The number of hydrogen-bond donors (Lipinski definition) is 1. The molecule has 1 aliphatic rings. The highest BCUT2D eigenvalue weighted by atomic mass is 32.1. The van der Waals surface area contributed by atoms with E-state index in [-0.39, 0.29) is 6.67 Å². The molecule has 0 radical (unpaired) electrons. The molecular formula is C10H19FS. The van der Waals surface area contributed by atoms with Crippen molar-refractivity contribution in [2.75, 3.05) is 12.4 Å². The fourth-order valence-electron chi connectivity index (χ4n) is 2.10. The molecule has 12 heavy (non-hydrogen) atoms. The molecule has 1 unspecified atom stereocenters. The molecule has 0 saturated heterocycles. The maximum Gasteiger partial charge on any atom is 0.0897 e. The molecule has 2 heteroatoms. The van der Waals surface area contributed by atoms with Gasteiger partial charge in [-0.1, -0.05) is 6.92 Å². The monoisotopic (exact) mass is 190 g/mol. The first-order valence-electron chi connectivity index (χ1n) is 4.93. The van der Waals surface area contributed by atoms with Crippen molar-refractivity contribution in [3.05, 3.63) is 0 Å². The first-order chi connectivity index (χ1) is 5.76. The molecule has 1 atom stereocenters. The molecule has 1 fully saturated rings. The van der Waals surface area contributed by atoms with Gasteiger partial charge < -0.3 is 0 Å². The fourth-order valence-corrected chi connectivity index (χ4v) is 2.25. The van der Waals surface area contributed by atoms with Gasteiger partial charge in [0.2, 0.25) is 0 Å². The van der Waals surface area contributed by atoms with Crippen molar-refractivity contribution in [2.45, 2.75) is 32.6 Å². The molecule has 0 nitrogen and oxygen atoms in total. The highest BCUT2D eigenvalue weighted by molar-refractivity contribution is 7.80. The molecule has 72 valence electrons. The van der Waals surface area contributed by atoms with Crippen molar-refractivity contribution in [1.29, 1.82) is 0 Å². The number of halogens is 1. The van der Waals surface area contributed by atoms with Crippen LogP contribution in [0.4, 0.5) is 4.39 Å². The van der Waals surface area contributed by atoms with E-state index in [1.165, 1.54) is 19.3 Å². The fraction of sp³-hybridized carbons (Fsp3) is 1.00. The Morgan fingerprint density at radius 2 is 2.08 bits per heavy atom. The van der Waals surface area contributed by atoms with E-state index < -0.39 is 0 Å². The lowest BCUT2D eigenvalue weighted by Gasteiger charge is -2.36. The summed E-state index contributed by atoms with van der Waals surface area (Å²) in [7, 11) is 0. The Morgan fingerprint density at radius 1 is 1.42 bits per heavy atom. The summed E-state index contributed by atoms with van der Waals surface area (Å²) in [5, 5.41) is 0. The second-order valence-corrected chi connectivity index (χ2v) is 4.57. The van der Waals surface area contributed by atoms with Crippen molar-refractivity contribution < 1.29 is 4.39 Å². The molecule has 0 aromatic rings. The van der Waals surface area contributed by atoms with Crippen LogP contribution in [0.15, 0.2) is 0 Å². The summed E-state index contributed by atoms with van der Waals surface area (Å²) in [6.07, 6.45) is 4.63. The molecule has 1 aliphatic carbocycles. The van der Waals surface area contributed by atoms with Gasteiger partial charge in [-0.3, -0.25) is 4.39 Å². The van der Waals surface area contributed by atoms with Gasteiger partial charge in [0.1, 0.15) is 0 Å². The standard InChI is InChI=1S/C10H19FS/c1-8(7-12)4-10-5-9(6-10)2-3-11/h8-10,12H,2-7H2,1H3. The Hall–Kier alpha value is 0.280. The maximum atomic E-state index is 11.9. The third-order valence-corrected chi connectivity index (χ3v) is 3.52. The number of hydrogen-bond acceptors (Lipinski definition) is 1. The number of rotatable bonds is 5. The second-order valence-electron chi connectivity index (χ2n) is 4.20. The molecule has 0 aliphatic heterocycles. The Labute approximate surface area is 80.3 Å². The van der Waals surface area contributed by atoms with Crippen LogP contribution < -0.4 is 0 Å². The number of alkyl halides is 1. The SMILES string of the molecule is CC(CS)CC1CC(CCF)C1. The van der Waals surface area contributed by atoms with Crippen LogP contribution in [0, 0.1) is 17.8 Å². The Balaban J connectivity index is 2.01. The molecule has 0 aromatic heterocycles. The molecule has 0 amide bonds. The summed E-state index contributed by atoms with van der Waals surface area (Å²) >= 11 is 4.26. The summed E-state index contributed by atoms with van der Waals surface area (Å²) in [6.45, 7) is 2.12. The summed E-state index contributed by atoms with van der Waals surface area (Å²) in [5.74, 6) is 3.31. The summed E-state index contributed by atoms with van der Waals surface area (Å²) in [4.78, 5) is 0. The van der Waals surface area contributed by atoms with Gasteiger partial charge in [-0.05, 0) is 49.2 Å². The highest BCUT2D eigenvalue weighted by Crippen LogP contribution is 2.39. The van der Waals surface area contributed by atoms with Crippen molar-refractivity contribution in [1.82, 2.24) is 0 Å². The molecule has 0 bridgehead atoms. The van der Waals surface area contributed by atoms with Gasteiger partial charge in [0.15, 0.2) is 0 Å². The van der Waals surface area contributed by atoms with E-state index in [2.05, 4.69) is 19.6 Å². The average molecular weight is 190 g/mol. The van der Waals surface area contributed by atoms with Crippen molar-refractivity contribution in [3.63, 3.8) is 0 Å². The predicted octanol–water partition coefficient (Wildman–Crippen LogP) is 3.33. The van der Waals surface area contributed by atoms with Crippen LogP contribution in [0.1, 0.15) is 32.6 Å². The highest BCUT2D eigenvalue weighted by Gasteiger charge is 2.29. The van der Waals surface area contributed by atoms with E-state index in [0.717, 1.165) is 24.0 Å². The quantitative estimate of drug-likeness (QED) is 0.632. The first kappa shape index (κ1) is 10.4. The van der Waals surface area contributed by atoms with Gasteiger partial charge in [-0.25, -0.2) is 0 Å². The zero-order chi connectivity index (χ0) is 8.97. The molecule has 0 N–H and O–H groups in total. The Kier molecular flexibility index (Phi) is 4.41. The van der Waals surface area contributed by atoms with Crippen LogP contribution in [0.25, 0.3) is 0 Å². The van der Waals surface area contributed by atoms with Crippen molar-refractivity contribution in [2.24, 2.45) is 17.8 Å². The van der Waals surface area contributed by atoms with Crippen LogP contribution in [-0.2, 0) is 0 Å². The van der Waals surface area contributed by atoms with Crippen LogP contribution in [0.2, 0.25) is 0 Å². The lowest BCUT2D eigenvalue weighted by Crippen LogP contribution is -2.25. The van der Waals surface area contributed by atoms with E-state index in [1.54, 1.807) is 0 Å². The second kappa shape index (κ2) is 5.11. The van der Waals surface area contributed by atoms with E-state index in [4.69, 9.17) is 0 Å².